The molecule has 25 heavy (non-hydrogen) atoms. The molecule has 1 heteroatoms. The molecule has 2 aliphatic carbocycles. The van der Waals surface area contributed by atoms with Crippen LogP contribution in [0.2, 0.25) is 0 Å². The Morgan fingerprint density at radius 3 is 2.36 bits per heavy atom. The predicted octanol–water partition coefficient (Wildman–Crippen LogP) is 5.78. The maximum Gasteiger partial charge on any atom is 0.0664 e. The largest absolute Gasteiger partial charge is 0.307 e. The minimum absolute atomic E-state index is 0.102. The lowest BCUT2D eigenvalue weighted by atomic mass is 9.80. The van der Waals surface area contributed by atoms with Crippen molar-refractivity contribution in [3.05, 3.63) is 70.8 Å². The van der Waals surface area contributed by atoms with Gasteiger partial charge in [0.05, 0.1) is 5.54 Å². The first-order valence-corrected chi connectivity index (χ1v) is 10.1. The van der Waals surface area contributed by atoms with E-state index in [2.05, 4.69) is 67.8 Å². The summed E-state index contributed by atoms with van der Waals surface area (Å²) in [5.74, 6) is 1.62. The third kappa shape index (κ3) is 3.04. The Balaban J connectivity index is 1.74. The molecule has 1 saturated carbocycles. The van der Waals surface area contributed by atoms with Gasteiger partial charge in [-0.1, -0.05) is 74.2 Å². The van der Waals surface area contributed by atoms with Crippen LogP contribution in [0.15, 0.2) is 48.5 Å². The Labute approximate surface area is 152 Å². The van der Waals surface area contributed by atoms with Gasteiger partial charge in [0.15, 0.2) is 0 Å². The third-order valence-corrected chi connectivity index (χ3v) is 6.86. The summed E-state index contributed by atoms with van der Waals surface area (Å²) in [5, 5.41) is 3.65. The highest BCUT2D eigenvalue weighted by Gasteiger charge is 2.36. The lowest BCUT2D eigenvalue weighted by molar-refractivity contribution is 0.446. The normalized spacial score (nSPS) is 26.1. The lowest BCUT2D eigenvalue weighted by Gasteiger charge is -2.32. The molecular weight excluding hydrogens is 302 g/mol. The fourth-order valence-electron chi connectivity index (χ4n) is 5.28. The molecule has 1 fully saturated rings. The summed E-state index contributed by atoms with van der Waals surface area (Å²) in [5.41, 5.74) is 5.91. The van der Waals surface area contributed by atoms with E-state index in [0.29, 0.717) is 5.92 Å². The standard InChI is InChI=1S/C24H31N/c1-24(25-2)22-13-7-5-11-20(22)17-19(16-15-18-9-3-4-10-18)21-12-6-8-14-23(21)24/h5-8,11-14,18-19,25H,3-4,9-10,15-17H2,1-2H3/t19-,24+/m0/s1. The molecule has 0 heterocycles. The van der Waals surface area contributed by atoms with Crippen molar-refractivity contribution < 1.29 is 0 Å². The topological polar surface area (TPSA) is 12.0 Å². The summed E-state index contributed by atoms with van der Waals surface area (Å²) in [7, 11) is 2.10. The van der Waals surface area contributed by atoms with Gasteiger partial charge in [0.2, 0.25) is 0 Å². The van der Waals surface area contributed by atoms with E-state index in [1.165, 1.54) is 61.6 Å². The molecule has 2 aromatic carbocycles. The Morgan fingerprint density at radius 1 is 0.920 bits per heavy atom. The van der Waals surface area contributed by atoms with E-state index in [0.717, 1.165) is 5.92 Å². The maximum absolute atomic E-state index is 3.65. The molecule has 1 nitrogen and oxygen atoms in total. The van der Waals surface area contributed by atoms with Crippen molar-refractivity contribution in [2.24, 2.45) is 5.92 Å². The first-order valence-electron chi connectivity index (χ1n) is 10.1. The van der Waals surface area contributed by atoms with Crippen LogP contribution in [0.4, 0.5) is 0 Å². The van der Waals surface area contributed by atoms with Gasteiger partial charge in [-0.25, -0.2) is 0 Å². The Bertz CT molecular complexity index is 728. The van der Waals surface area contributed by atoms with Gasteiger partial charge in [0.1, 0.15) is 0 Å². The number of benzene rings is 2. The molecule has 0 aliphatic heterocycles. The number of nitrogens with one attached hydrogen (secondary N) is 1. The van der Waals surface area contributed by atoms with Crippen LogP contribution >= 0.6 is 0 Å². The van der Waals surface area contributed by atoms with E-state index in [1.807, 2.05) is 0 Å². The van der Waals surface area contributed by atoms with Gasteiger partial charge in [-0.3, -0.25) is 0 Å². The predicted molar refractivity (Wildman–Crippen MR) is 106 cm³/mol. The van der Waals surface area contributed by atoms with E-state index in [1.54, 1.807) is 5.56 Å². The quantitative estimate of drug-likeness (QED) is 0.748. The molecule has 0 bridgehead atoms. The van der Waals surface area contributed by atoms with E-state index in [9.17, 15) is 0 Å². The van der Waals surface area contributed by atoms with Crippen LogP contribution in [-0.4, -0.2) is 7.05 Å². The van der Waals surface area contributed by atoms with Crippen molar-refractivity contribution in [1.82, 2.24) is 5.32 Å². The van der Waals surface area contributed by atoms with Gasteiger partial charge in [0.25, 0.3) is 0 Å². The second-order valence-electron chi connectivity index (χ2n) is 8.25. The fourth-order valence-corrected chi connectivity index (χ4v) is 5.28. The van der Waals surface area contributed by atoms with Crippen molar-refractivity contribution in [1.29, 1.82) is 0 Å². The lowest BCUT2D eigenvalue weighted by Crippen LogP contribution is -2.38. The van der Waals surface area contributed by atoms with Crippen molar-refractivity contribution in [2.75, 3.05) is 7.05 Å². The molecule has 132 valence electrons. The monoisotopic (exact) mass is 333 g/mol. The van der Waals surface area contributed by atoms with Gasteiger partial charge >= 0.3 is 0 Å². The summed E-state index contributed by atoms with van der Waals surface area (Å²) >= 11 is 0. The van der Waals surface area contributed by atoms with Crippen molar-refractivity contribution >= 4 is 0 Å². The number of hydrogen-bond acceptors (Lipinski definition) is 1. The summed E-state index contributed by atoms with van der Waals surface area (Å²) in [6.07, 6.45) is 9.72. The highest BCUT2D eigenvalue weighted by molar-refractivity contribution is 5.50. The molecule has 0 saturated heterocycles. The van der Waals surface area contributed by atoms with Crippen LogP contribution in [0.3, 0.4) is 0 Å². The van der Waals surface area contributed by atoms with Gasteiger partial charge in [-0.2, -0.15) is 0 Å². The van der Waals surface area contributed by atoms with Crippen molar-refractivity contribution in [3.63, 3.8) is 0 Å². The summed E-state index contributed by atoms with van der Waals surface area (Å²) < 4.78 is 0. The molecular formula is C24H31N. The Kier molecular flexibility index (Phi) is 4.69. The number of fused-ring (bicyclic) bond motifs is 2. The smallest absolute Gasteiger partial charge is 0.0664 e. The fraction of sp³-hybridized carbons (Fsp3) is 0.500. The van der Waals surface area contributed by atoms with Crippen LogP contribution in [0, 0.1) is 5.92 Å². The molecule has 2 atom stereocenters. The zero-order valence-corrected chi connectivity index (χ0v) is 15.7. The van der Waals surface area contributed by atoms with Crippen LogP contribution in [0.1, 0.15) is 73.6 Å². The molecule has 2 aromatic rings. The Hall–Kier alpha value is -1.60. The number of hydrogen-bond donors (Lipinski definition) is 1. The van der Waals surface area contributed by atoms with Crippen LogP contribution in [0.5, 0.6) is 0 Å². The second kappa shape index (κ2) is 6.96. The van der Waals surface area contributed by atoms with Gasteiger partial charge in [-0.05, 0) is 67.3 Å². The minimum Gasteiger partial charge on any atom is -0.307 e. The summed E-state index contributed by atoms with van der Waals surface area (Å²) in [6.45, 7) is 2.35. The average molecular weight is 334 g/mol. The number of rotatable bonds is 4. The molecule has 1 N–H and O–H groups in total. The van der Waals surface area contributed by atoms with Gasteiger partial charge in [-0.15, -0.1) is 0 Å². The van der Waals surface area contributed by atoms with Gasteiger partial charge in [0, 0.05) is 0 Å². The molecule has 2 aliphatic rings. The van der Waals surface area contributed by atoms with Crippen LogP contribution < -0.4 is 5.32 Å². The summed E-state index contributed by atoms with van der Waals surface area (Å²) in [6, 6.07) is 18.2. The molecule has 0 aromatic heterocycles. The first-order chi connectivity index (χ1) is 12.2. The second-order valence-corrected chi connectivity index (χ2v) is 8.25. The average Bonchev–Trinajstić information content (AvgIpc) is 3.15. The van der Waals surface area contributed by atoms with Gasteiger partial charge < -0.3 is 5.32 Å². The van der Waals surface area contributed by atoms with Crippen LogP contribution in [0.25, 0.3) is 0 Å². The highest BCUT2D eigenvalue weighted by atomic mass is 14.9. The molecule has 4 rings (SSSR count). The SMILES string of the molecule is CN[C@]1(C)c2ccccc2C[C@H](CCC2CCCC2)c2ccccc21. The minimum atomic E-state index is -0.102. The first kappa shape index (κ1) is 16.8. The van der Waals surface area contributed by atoms with E-state index < -0.39 is 0 Å². The zero-order valence-electron chi connectivity index (χ0n) is 15.7. The van der Waals surface area contributed by atoms with Crippen molar-refractivity contribution in [3.8, 4) is 0 Å². The van der Waals surface area contributed by atoms with Crippen molar-refractivity contribution in [2.45, 2.75) is 63.3 Å². The zero-order chi connectivity index (χ0) is 17.3. The maximum atomic E-state index is 3.65. The molecule has 0 unspecified atom stereocenters. The Morgan fingerprint density at radius 2 is 1.60 bits per heavy atom. The highest BCUT2D eigenvalue weighted by Crippen LogP contribution is 2.43. The van der Waals surface area contributed by atoms with E-state index >= 15 is 0 Å². The molecule has 0 amide bonds. The van der Waals surface area contributed by atoms with Crippen LogP contribution in [-0.2, 0) is 12.0 Å². The van der Waals surface area contributed by atoms with E-state index in [-0.39, 0.29) is 5.54 Å². The van der Waals surface area contributed by atoms with E-state index in [4.69, 9.17) is 0 Å². The molecule has 0 radical (unpaired) electrons. The summed E-state index contributed by atoms with van der Waals surface area (Å²) in [4.78, 5) is 0. The third-order valence-electron chi connectivity index (χ3n) is 6.86. The molecule has 0 spiro atoms.